The molecule has 0 saturated carbocycles. The molecule has 0 atom stereocenters. The van der Waals surface area contributed by atoms with Crippen LogP contribution in [0, 0.1) is 18.3 Å². The van der Waals surface area contributed by atoms with Crippen LogP contribution in [0.2, 0.25) is 0 Å². The number of hydrogen-bond donors (Lipinski definition) is 1. The Bertz CT molecular complexity index is 1160. The Morgan fingerprint density at radius 1 is 1.21 bits per heavy atom. The van der Waals surface area contributed by atoms with E-state index in [1.807, 2.05) is 41.8 Å². The van der Waals surface area contributed by atoms with Crippen molar-refractivity contribution in [2.24, 2.45) is 0 Å². The molecule has 5 heteroatoms. The van der Waals surface area contributed by atoms with Gasteiger partial charge in [-0.3, -0.25) is 4.79 Å². The van der Waals surface area contributed by atoms with Crippen LogP contribution in [0.5, 0.6) is 0 Å². The predicted molar refractivity (Wildman–Crippen MR) is 92.9 cm³/mol. The molecule has 4 aromatic rings. The SMILES string of the molecule is Cc1ccc2[nH]c3c(ncn3Cc3ccc(C#N)cc3)c(=O)c2c1. The zero-order chi connectivity index (χ0) is 16.7. The molecule has 4 rings (SSSR count). The van der Waals surface area contributed by atoms with E-state index in [4.69, 9.17) is 5.26 Å². The van der Waals surface area contributed by atoms with Crippen LogP contribution in [-0.4, -0.2) is 14.5 Å². The quantitative estimate of drug-likeness (QED) is 0.618. The van der Waals surface area contributed by atoms with Crippen molar-refractivity contribution in [1.29, 1.82) is 5.26 Å². The molecular weight excluding hydrogens is 300 g/mol. The lowest BCUT2D eigenvalue weighted by Gasteiger charge is -2.06. The first kappa shape index (κ1) is 14.2. The van der Waals surface area contributed by atoms with Crippen LogP contribution in [0.1, 0.15) is 16.7 Å². The van der Waals surface area contributed by atoms with Gasteiger partial charge >= 0.3 is 0 Å². The number of imidazole rings is 1. The van der Waals surface area contributed by atoms with Crippen LogP contribution in [0.15, 0.2) is 53.6 Å². The number of aryl methyl sites for hydroxylation is 1. The van der Waals surface area contributed by atoms with Gasteiger partial charge in [0.1, 0.15) is 5.65 Å². The van der Waals surface area contributed by atoms with Crippen molar-refractivity contribution < 1.29 is 0 Å². The number of fused-ring (bicyclic) bond motifs is 2. The zero-order valence-corrected chi connectivity index (χ0v) is 13.1. The van der Waals surface area contributed by atoms with Crippen molar-refractivity contribution in [2.75, 3.05) is 0 Å². The van der Waals surface area contributed by atoms with Gasteiger partial charge in [-0.2, -0.15) is 5.26 Å². The minimum Gasteiger partial charge on any atom is -0.339 e. The van der Waals surface area contributed by atoms with E-state index >= 15 is 0 Å². The summed E-state index contributed by atoms with van der Waals surface area (Å²) in [6, 6.07) is 15.3. The monoisotopic (exact) mass is 314 g/mol. The molecule has 0 radical (unpaired) electrons. The van der Waals surface area contributed by atoms with Crippen LogP contribution >= 0.6 is 0 Å². The molecule has 0 spiro atoms. The molecule has 0 bridgehead atoms. The van der Waals surface area contributed by atoms with Gasteiger partial charge in [-0.25, -0.2) is 4.98 Å². The Morgan fingerprint density at radius 3 is 2.75 bits per heavy atom. The highest BCUT2D eigenvalue weighted by atomic mass is 16.1. The van der Waals surface area contributed by atoms with Gasteiger partial charge < -0.3 is 9.55 Å². The van der Waals surface area contributed by atoms with Gasteiger partial charge in [-0.05, 0) is 36.8 Å². The van der Waals surface area contributed by atoms with E-state index in [0.717, 1.165) is 16.6 Å². The number of nitriles is 1. The fraction of sp³-hybridized carbons (Fsp3) is 0.105. The molecule has 0 fully saturated rings. The first-order valence-corrected chi connectivity index (χ1v) is 7.62. The number of pyridine rings is 1. The Kier molecular flexibility index (Phi) is 3.17. The Labute approximate surface area is 137 Å². The largest absolute Gasteiger partial charge is 0.339 e. The van der Waals surface area contributed by atoms with Crippen molar-refractivity contribution in [2.45, 2.75) is 13.5 Å². The number of hydrogen-bond acceptors (Lipinski definition) is 3. The van der Waals surface area contributed by atoms with Crippen molar-refractivity contribution in [3.05, 3.63) is 75.7 Å². The van der Waals surface area contributed by atoms with Gasteiger partial charge in [0, 0.05) is 5.39 Å². The molecule has 0 aliphatic carbocycles. The molecule has 0 amide bonds. The second kappa shape index (κ2) is 5.36. The third kappa shape index (κ3) is 2.25. The fourth-order valence-electron chi connectivity index (χ4n) is 2.89. The molecule has 2 aromatic heterocycles. The van der Waals surface area contributed by atoms with Crippen molar-refractivity contribution in [1.82, 2.24) is 14.5 Å². The lowest BCUT2D eigenvalue weighted by atomic mass is 10.1. The van der Waals surface area contributed by atoms with Crippen molar-refractivity contribution >= 4 is 22.1 Å². The first-order valence-electron chi connectivity index (χ1n) is 7.62. The maximum atomic E-state index is 12.7. The van der Waals surface area contributed by atoms with Gasteiger partial charge in [0.25, 0.3) is 0 Å². The molecule has 0 saturated heterocycles. The number of rotatable bonds is 2. The summed E-state index contributed by atoms with van der Waals surface area (Å²) in [5.74, 6) is 0. The van der Waals surface area contributed by atoms with Gasteiger partial charge in [0.15, 0.2) is 5.52 Å². The summed E-state index contributed by atoms with van der Waals surface area (Å²) in [5.41, 5.74) is 4.62. The molecule has 24 heavy (non-hydrogen) atoms. The van der Waals surface area contributed by atoms with Crippen LogP contribution in [-0.2, 0) is 6.54 Å². The number of nitrogens with one attached hydrogen (secondary N) is 1. The summed E-state index contributed by atoms with van der Waals surface area (Å²) in [6.07, 6.45) is 1.67. The van der Waals surface area contributed by atoms with E-state index < -0.39 is 0 Å². The van der Waals surface area contributed by atoms with Crippen LogP contribution in [0.25, 0.3) is 22.1 Å². The van der Waals surface area contributed by atoms with Gasteiger partial charge in [0.2, 0.25) is 5.43 Å². The molecule has 116 valence electrons. The molecule has 0 unspecified atom stereocenters. The summed E-state index contributed by atoms with van der Waals surface area (Å²) in [4.78, 5) is 20.3. The summed E-state index contributed by atoms with van der Waals surface area (Å²) in [6.45, 7) is 2.54. The van der Waals surface area contributed by atoms with E-state index in [1.54, 1.807) is 18.5 Å². The molecule has 2 aromatic carbocycles. The first-order chi connectivity index (χ1) is 11.7. The minimum atomic E-state index is -0.0546. The number of H-pyrrole nitrogens is 1. The minimum absolute atomic E-state index is 0.0546. The fourth-order valence-corrected chi connectivity index (χ4v) is 2.89. The van der Waals surface area contributed by atoms with E-state index in [1.165, 1.54) is 0 Å². The lowest BCUT2D eigenvalue weighted by Crippen LogP contribution is -2.06. The van der Waals surface area contributed by atoms with Gasteiger partial charge in [-0.1, -0.05) is 23.8 Å². The van der Waals surface area contributed by atoms with E-state index in [0.29, 0.717) is 28.7 Å². The van der Waals surface area contributed by atoms with Crippen molar-refractivity contribution in [3.63, 3.8) is 0 Å². The summed E-state index contributed by atoms with van der Waals surface area (Å²) >= 11 is 0. The third-order valence-corrected chi connectivity index (χ3v) is 4.16. The molecular formula is C19H14N4O. The Morgan fingerprint density at radius 2 is 2.00 bits per heavy atom. The molecule has 0 aliphatic heterocycles. The van der Waals surface area contributed by atoms with Gasteiger partial charge in [0.05, 0.1) is 30.0 Å². The normalized spacial score (nSPS) is 11.0. The van der Waals surface area contributed by atoms with Crippen LogP contribution in [0.3, 0.4) is 0 Å². The maximum Gasteiger partial charge on any atom is 0.217 e. The third-order valence-electron chi connectivity index (χ3n) is 4.16. The summed E-state index contributed by atoms with van der Waals surface area (Å²) in [7, 11) is 0. The molecule has 1 N–H and O–H groups in total. The van der Waals surface area contributed by atoms with Crippen LogP contribution < -0.4 is 5.43 Å². The Hall–Kier alpha value is -3.39. The average Bonchev–Trinajstić information content (AvgIpc) is 2.99. The van der Waals surface area contributed by atoms with E-state index in [9.17, 15) is 4.79 Å². The van der Waals surface area contributed by atoms with Crippen molar-refractivity contribution in [3.8, 4) is 6.07 Å². The zero-order valence-electron chi connectivity index (χ0n) is 13.1. The highest BCUT2D eigenvalue weighted by Crippen LogP contribution is 2.16. The van der Waals surface area contributed by atoms with Crippen LogP contribution in [0.4, 0.5) is 0 Å². The second-order valence-electron chi connectivity index (χ2n) is 5.88. The molecule has 2 heterocycles. The standard InChI is InChI=1S/C19H14N4O/c1-12-2-7-16-15(8-12)18(24)17-19(22-16)23(11-21-17)10-14-5-3-13(9-20)4-6-14/h2-8,11H,10H2,1H3,(H,22,24). The number of nitrogens with zero attached hydrogens (tertiary/aromatic N) is 3. The second-order valence-corrected chi connectivity index (χ2v) is 5.88. The lowest BCUT2D eigenvalue weighted by molar-refractivity contribution is 0.815. The Balaban J connectivity index is 1.84. The van der Waals surface area contributed by atoms with E-state index in [2.05, 4.69) is 16.0 Å². The van der Waals surface area contributed by atoms with E-state index in [-0.39, 0.29) is 5.43 Å². The number of aromatic amines is 1. The highest BCUT2D eigenvalue weighted by Gasteiger charge is 2.11. The smallest absolute Gasteiger partial charge is 0.217 e. The molecule has 5 nitrogen and oxygen atoms in total. The number of aromatic nitrogens is 3. The predicted octanol–water partition coefficient (Wildman–Crippen LogP) is 3.11. The number of benzene rings is 2. The molecule has 0 aliphatic rings. The maximum absolute atomic E-state index is 12.7. The summed E-state index contributed by atoms with van der Waals surface area (Å²) < 4.78 is 1.91. The summed E-state index contributed by atoms with van der Waals surface area (Å²) in [5, 5.41) is 9.53. The average molecular weight is 314 g/mol. The highest BCUT2D eigenvalue weighted by molar-refractivity contribution is 5.89. The topological polar surface area (TPSA) is 74.5 Å². The van der Waals surface area contributed by atoms with Gasteiger partial charge in [-0.15, -0.1) is 0 Å².